The highest BCUT2D eigenvalue weighted by atomic mass is 32.1. The molecule has 0 aliphatic heterocycles. The van der Waals surface area contributed by atoms with Crippen LogP contribution in [0.5, 0.6) is 0 Å². The summed E-state index contributed by atoms with van der Waals surface area (Å²) in [5.41, 5.74) is 0. The molecule has 16 heavy (non-hydrogen) atoms. The van der Waals surface area contributed by atoms with Crippen LogP contribution < -0.4 is 5.32 Å². The number of fused-ring (bicyclic) bond motifs is 2. The number of allylic oxidation sites excluding steroid dienone is 2. The van der Waals surface area contributed by atoms with Crippen molar-refractivity contribution < 1.29 is 0 Å². The van der Waals surface area contributed by atoms with E-state index in [-0.39, 0.29) is 0 Å². The van der Waals surface area contributed by atoms with Gasteiger partial charge in [0.25, 0.3) is 0 Å². The fourth-order valence-electron chi connectivity index (χ4n) is 2.98. The minimum atomic E-state index is 0.857. The summed E-state index contributed by atoms with van der Waals surface area (Å²) < 4.78 is 0. The van der Waals surface area contributed by atoms with Crippen LogP contribution in [0.2, 0.25) is 0 Å². The van der Waals surface area contributed by atoms with Crippen LogP contribution in [-0.2, 0) is 6.54 Å². The van der Waals surface area contributed by atoms with E-state index in [1.54, 1.807) is 11.3 Å². The van der Waals surface area contributed by atoms with Gasteiger partial charge in [0.15, 0.2) is 0 Å². The summed E-state index contributed by atoms with van der Waals surface area (Å²) in [6.45, 7) is 4.21. The van der Waals surface area contributed by atoms with E-state index in [2.05, 4.69) is 29.4 Å². The Bertz CT molecular complexity index is 396. The standard InChI is InChI=1S/C13H18N2S/c1-9-6-15-13(16-9)8-14-7-12-5-10-2-3-11(12)4-10/h2-3,6,10-12,14H,4-5,7-8H2,1H3. The molecule has 1 fully saturated rings. The Morgan fingerprint density at radius 1 is 1.44 bits per heavy atom. The molecular weight excluding hydrogens is 216 g/mol. The van der Waals surface area contributed by atoms with Crippen LogP contribution in [0.25, 0.3) is 0 Å². The lowest BCUT2D eigenvalue weighted by Gasteiger charge is -2.17. The Labute approximate surface area is 101 Å². The van der Waals surface area contributed by atoms with Crippen molar-refractivity contribution in [2.45, 2.75) is 26.3 Å². The molecule has 2 aliphatic rings. The molecule has 1 saturated carbocycles. The lowest BCUT2D eigenvalue weighted by atomic mass is 9.94. The molecule has 3 unspecified atom stereocenters. The molecule has 86 valence electrons. The van der Waals surface area contributed by atoms with Crippen molar-refractivity contribution in [3.05, 3.63) is 28.2 Å². The van der Waals surface area contributed by atoms with Crippen LogP contribution >= 0.6 is 11.3 Å². The maximum atomic E-state index is 4.37. The molecule has 1 N–H and O–H groups in total. The highest BCUT2D eigenvalue weighted by Gasteiger charge is 2.34. The summed E-state index contributed by atoms with van der Waals surface area (Å²) in [5.74, 6) is 2.62. The van der Waals surface area contributed by atoms with Crippen LogP contribution in [0.1, 0.15) is 22.7 Å². The van der Waals surface area contributed by atoms with E-state index in [0.29, 0.717) is 0 Å². The maximum Gasteiger partial charge on any atom is 0.107 e. The van der Waals surface area contributed by atoms with Gasteiger partial charge in [0.1, 0.15) is 5.01 Å². The third-order valence-electron chi connectivity index (χ3n) is 3.77. The van der Waals surface area contributed by atoms with Gasteiger partial charge >= 0.3 is 0 Å². The Morgan fingerprint density at radius 3 is 3.00 bits per heavy atom. The van der Waals surface area contributed by atoms with Crippen LogP contribution in [0, 0.1) is 24.7 Å². The first-order valence-electron chi connectivity index (χ1n) is 6.11. The van der Waals surface area contributed by atoms with Crippen molar-refractivity contribution in [2.24, 2.45) is 17.8 Å². The van der Waals surface area contributed by atoms with Crippen LogP contribution in [0.15, 0.2) is 18.3 Å². The number of nitrogens with zero attached hydrogens (tertiary/aromatic N) is 1. The Hall–Kier alpha value is -0.670. The lowest BCUT2D eigenvalue weighted by Crippen LogP contribution is -2.24. The molecule has 1 heterocycles. The van der Waals surface area contributed by atoms with Crippen LogP contribution in [-0.4, -0.2) is 11.5 Å². The van der Waals surface area contributed by atoms with Gasteiger partial charge in [-0.15, -0.1) is 11.3 Å². The predicted octanol–water partition coefficient (Wildman–Crippen LogP) is 2.75. The zero-order valence-corrected chi connectivity index (χ0v) is 10.5. The Kier molecular flexibility index (Phi) is 2.82. The summed E-state index contributed by atoms with van der Waals surface area (Å²) >= 11 is 1.80. The molecule has 0 aromatic carbocycles. The molecular formula is C13H18N2S. The average molecular weight is 234 g/mol. The summed E-state index contributed by atoms with van der Waals surface area (Å²) in [6.07, 6.45) is 9.59. The molecule has 1 aromatic rings. The number of thiazole rings is 1. The van der Waals surface area contributed by atoms with Gasteiger partial charge in [-0.05, 0) is 44.1 Å². The predicted molar refractivity (Wildman–Crippen MR) is 67.4 cm³/mol. The first-order valence-corrected chi connectivity index (χ1v) is 6.93. The number of hydrogen-bond donors (Lipinski definition) is 1. The third-order valence-corrected chi connectivity index (χ3v) is 4.68. The van der Waals surface area contributed by atoms with E-state index in [0.717, 1.165) is 30.8 Å². The smallest absolute Gasteiger partial charge is 0.107 e. The summed E-state index contributed by atoms with van der Waals surface area (Å²) in [5, 5.41) is 4.77. The Morgan fingerprint density at radius 2 is 2.38 bits per heavy atom. The molecule has 2 nitrogen and oxygen atoms in total. The highest BCUT2D eigenvalue weighted by molar-refractivity contribution is 7.11. The molecule has 0 saturated heterocycles. The summed E-state index contributed by atoms with van der Waals surface area (Å²) in [6, 6.07) is 0. The van der Waals surface area contributed by atoms with E-state index in [1.165, 1.54) is 22.7 Å². The van der Waals surface area contributed by atoms with Gasteiger partial charge in [-0.1, -0.05) is 12.2 Å². The molecule has 0 radical (unpaired) electrons. The van der Waals surface area contributed by atoms with Gasteiger partial charge in [0.05, 0.1) is 0 Å². The molecule has 3 rings (SSSR count). The van der Waals surface area contributed by atoms with Crippen molar-refractivity contribution >= 4 is 11.3 Å². The highest BCUT2D eigenvalue weighted by Crippen LogP contribution is 2.42. The second-order valence-corrected chi connectivity index (χ2v) is 6.36. The zero-order chi connectivity index (χ0) is 11.0. The van der Waals surface area contributed by atoms with E-state index in [1.807, 2.05) is 6.20 Å². The normalized spacial score (nSPS) is 31.4. The molecule has 0 spiro atoms. The van der Waals surface area contributed by atoms with E-state index < -0.39 is 0 Å². The number of hydrogen-bond acceptors (Lipinski definition) is 3. The first kappa shape index (κ1) is 10.5. The molecule has 3 heteroatoms. The van der Waals surface area contributed by atoms with Gasteiger partial charge in [-0.2, -0.15) is 0 Å². The van der Waals surface area contributed by atoms with Gasteiger partial charge < -0.3 is 5.32 Å². The van der Waals surface area contributed by atoms with E-state index >= 15 is 0 Å². The van der Waals surface area contributed by atoms with Crippen molar-refractivity contribution in [1.82, 2.24) is 10.3 Å². The minimum Gasteiger partial charge on any atom is -0.310 e. The molecule has 1 aromatic heterocycles. The quantitative estimate of drug-likeness (QED) is 0.810. The van der Waals surface area contributed by atoms with Crippen LogP contribution in [0.3, 0.4) is 0 Å². The molecule has 2 aliphatic carbocycles. The van der Waals surface area contributed by atoms with Crippen LogP contribution in [0.4, 0.5) is 0 Å². The van der Waals surface area contributed by atoms with Gasteiger partial charge in [0.2, 0.25) is 0 Å². The number of rotatable bonds is 4. The van der Waals surface area contributed by atoms with Gasteiger partial charge in [-0.25, -0.2) is 4.98 Å². The monoisotopic (exact) mass is 234 g/mol. The zero-order valence-electron chi connectivity index (χ0n) is 9.65. The topological polar surface area (TPSA) is 24.9 Å². The van der Waals surface area contributed by atoms with Crippen molar-refractivity contribution in [3.8, 4) is 0 Å². The van der Waals surface area contributed by atoms with Crippen molar-refractivity contribution in [1.29, 1.82) is 0 Å². The fraction of sp³-hybridized carbons (Fsp3) is 0.615. The summed E-state index contributed by atoms with van der Waals surface area (Å²) in [4.78, 5) is 5.68. The number of nitrogens with one attached hydrogen (secondary N) is 1. The molecule has 0 amide bonds. The Balaban J connectivity index is 1.46. The van der Waals surface area contributed by atoms with Gasteiger partial charge in [0, 0.05) is 17.6 Å². The van der Waals surface area contributed by atoms with E-state index in [9.17, 15) is 0 Å². The second kappa shape index (κ2) is 4.30. The largest absolute Gasteiger partial charge is 0.310 e. The van der Waals surface area contributed by atoms with Crippen molar-refractivity contribution in [2.75, 3.05) is 6.54 Å². The maximum absolute atomic E-state index is 4.37. The number of aromatic nitrogens is 1. The van der Waals surface area contributed by atoms with Gasteiger partial charge in [-0.3, -0.25) is 0 Å². The average Bonchev–Trinajstić information content (AvgIpc) is 2.94. The first-order chi connectivity index (χ1) is 7.81. The van der Waals surface area contributed by atoms with Crippen molar-refractivity contribution in [3.63, 3.8) is 0 Å². The summed E-state index contributed by atoms with van der Waals surface area (Å²) in [7, 11) is 0. The second-order valence-electron chi connectivity index (χ2n) is 5.04. The SMILES string of the molecule is Cc1cnc(CNCC2CC3C=CC2C3)s1. The van der Waals surface area contributed by atoms with E-state index in [4.69, 9.17) is 0 Å². The molecule has 3 atom stereocenters. The minimum absolute atomic E-state index is 0.857. The molecule has 2 bridgehead atoms. The lowest BCUT2D eigenvalue weighted by molar-refractivity contribution is 0.414. The third kappa shape index (κ3) is 2.06. The number of aryl methyl sites for hydroxylation is 1. The fourth-order valence-corrected chi connectivity index (χ4v) is 3.73.